The maximum atomic E-state index is 13.1. The van der Waals surface area contributed by atoms with Crippen LogP contribution < -0.4 is 14.5 Å². The Morgan fingerprint density at radius 1 is 1.16 bits per heavy atom. The van der Waals surface area contributed by atoms with E-state index in [-0.39, 0.29) is 12.0 Å². The van der Waals surface area contributed by atoms with Crippen LogP contribution in [0, 0.1) is 0 Å². The van der Waals surface area contributed by atoms with Gasteiger partial charge in [-0.3, -0.25) is 9.78 Å². The highest BCUT2D eigenvalue weighted by Gasteiger charge is 2.35. The summed E-state index contributed by atoms with van der Waals surface area (Å²) in [6, 6.07) is 10.6. The lowest BCUT2D eigenvalue weighted by Gasteiger charge is -2.38. The molecule has 0 bridgehead atoms. The minimum atomic E-state index is -0.0235. The van der Waals surface area contributed by atoms with E-state index in [1.165, 1.54) is 12.8 Å². The third-order valence-corrected chi connectivity index (χ3v) is 4.61. The standard InChI is InChI=1S/C20H23N3O2/c1-14(2)25-17-11-15(12-21-13-17)20(24)23-10-9-22(16-7-8-16)18-5-3-4-6-19(18)23/h3-6,11-14,16H,7-10H2,1-2H3. The molecule has 0 spiro atoms. The zero-order chi connectivity index (χ0) is 17.4. The summed E-state index contributed by atoms with van der Waals surface area (Å²) in [6.07, 6.45) is 5.82. The molecule has 5 heteroatoms. The molecule has 1 fully saturated rings. The van der Waals surface area contributed by atoms with Gasteiger partial charge >= 0.3 is 0 Å². The van der Waals surface area contributed by atoms with Crippen molar-refractivity contribution < 1.29 is 9.53 Å². The van der Waals surface area contributed by atoms with Gasteiger partial charge in [-0.2, -0.15) is 0 Å². The van der Waals surface area contributed by atoms with Crippen molar-refractivity contribution in [2.75, 3.05) is 22.9 Å². The van der Waals surface area contributed by atoms with Crippen molar-refractivity contribution in [1.29, 1.82) is 0 Å². The number of para-hydroxylation sites is 2. The van der Waals surface area contributed by atoms with Gasteiger partial charge in [-0.15, -0.1) is 0 Å². The lowest BCUT2D eigenvalue weighted by molar-refractivity contribution is 0.0985. The summed E-state index contributed by atoms with van der Waals surface area (Å²) in [5.74, 6) is 0.607. The van der Waals surface area contributed by atoms with Crippen molar-refractivity contribution in [3.05, 3.63) is 48.3 Å². The van der Waals surface area contributed by atoms with E-state index in [0.717, 1.165) is 17.9 Å². The second-order valence-corrected chi connectivity index (χ2v) is 6.95. The number of ether oxygens (including phenoxy) is 1. The van der Waals surface area contributed by atoms with Gasteiger partial charge in [0.1, 0.15) is 5.75 Å². The van der Waals surface area contributed by atoms with Gasteiger partial charge in [0.25, 0.3) is 5.91 Å². The van der Waals surface area contributed by atoms with Crippen molar-refractivity contribution in [3.8, 4) is 5.75 Å². The number of pyridine rings is 1. The second kappa shape index (κ2) is 6.39. The highest BCUT2D eigenvalue weighted by molar-refractivity contribution is 6.08. The van der Waals surface area contributed by atoms with E-state index in [4.69, 9.17) is 4.74 Å². The Morgan fingerprint density at radius 2 is 1.92 bits per heavy atom. The van der Waals surface area contributed by atoms with Gasteiger partial charge in [0.2, 0.25) is 0 Å². The van der Waals surface area contributed by atoms with Crippen LogP contribution in [0.1, 0.15) is 37.0 Å². The average Bonchev–Trinajstić information content (AvgIpc) is 3.45. The molecule has 0 atom stereocenters. The molecular formula is C20H23N3O2. The molecule has 0 unspecified atom stereocenters. The summed E-state index contributed by atoms with van der Waals surface area (Å²) in [7, 11) is 0. The first kappa shape index (κ1) is 15.9. The molecule has 1 amide bonds. The van der Waals surface area contributed by atoms with Crippen LogP contribution in [0.15, 0.2) is 42.7 Å². The maximum Gasteiger partial charge on any atom is 0.260 e. The molecule has 0 saturated heterocycles. The Bertz CT molecular complexity index is 786. The summed E-state index contributed by atoms with van der Waals surface area (Å²) in [6.45, 7) is 5.49. The fraction of sp³-hybridized carbons (Fsp3) is 0.400. The highest BCUT2D eigenvalue weighted by Crippen LogP contribution is 2.40. The van der Waals surface area contributed by atoms with Gasteiger partial charge in [0, 0.05) is 25.3 Å². The van der Waals surface area contributed by atoms with Gasteiger partial charge in [-0.05, 0) is 44.9 Å². The first-order valence-corrected chi connectivity index (χ1v) is 8.93. The number of benzene rings is 1. The first-order valence-electron chi connectivity index (χ1n) is 8.93. The molecule has 0 radical (unpaired) electrons. The molecule has 5 nitrogen and oxygen atoms in total. The average molecular weight is 337 g/mol. The molecule has 2 aromatic rings. The van der Waals surface area contributed by atoms with E-state index in [1.807, 2.05) is 36.9 Å². The van der Waals surface area contributed by atoms with Crippen molar-refractivity contribution >= 4 is 17.3 Å². The van der Waals surface area contributed by atoms with Gasteiger partial charge < -0.3 is 14.5 Å². The van der Waals surface area contributed by atoms with Gasteiger partial charge in [-0.1, -0.05) is 12.1 Å². The summed E-state index contributed by atoms with van der Waals surface area (Å²) in [4.78, 5) is 21.6. The van der Waals surface area contributed by atoms with Crippen molar-refractivity contribution in [2.24, 2.45) is 0 Å². The lowest BCUT2D eigenvalue weighted by Crippen LogP contribution is -2.45. The zero-order valence-electron chi connectivity index (χ0n) is 14.7. The summed E-state index contributed by atoms with van der Waals surface area (Å²) >= 11 is 0. The fourth-order valence-electron chi connectivity index (χ4n) is 3.39. The van der Waals surface area contributed by atoms with E-state index >= 15 is 0 Å². The van der Waals surface area contributed by atoms with Crippen LogP contribution in [0.5, 0.6) is 5.75 Å². The number of hydrogen-bond acceptors (Lipinski definition) is 4. The maximum absolute atomic E-state index is 13.1. The summed E-state index contributed by atoms with van der Waals surface area (Å²) < 4.78 is 5.68. The number of aromatic nitrogens is 1. The lowest BCUT2D eigenvalue weighted by atomic mass is 10.1. The highest BCUT2D eigenvalue weighted by atomic mass is 16.5. The molecule has 1 aromatic heterocycles. The normalized spacial score (nSPS) is 16.8. The third kappa shape index (κ3) is 3.18. The van der Waals surface area contributed by atoms with Gasteiger partial charge in [0.05, 0.1) is 29.2 Å². The number of nitrogens with zero attached hydrogens (tertiary/aromatic N) is 3. The Morgan fingerprint density at radius 3 is 2.64 bits per heavy atom. The van der Waals surface area contributed by atoms with Crippen LogP contribution in [-0.2, 0) is 0 Å². The molecule has 1 aliphatic carbocycles. The van der Waals surface area contributed by atoms with Gasteiger partial charge in [-0.25, -0.2) is 0 Å². The first-order chi connectivity index (χ1) is 12.1. The molecule has 0 N–H and O–H groups in total. The van der Waals surface area contributed by atoms with Crippen molar-refractivity contribution in [2.45, 2.75) is 38.8 Å². The number of anilines is 2. The Balaban J connectivity index is 1.63. The second-order valence-electron chi connectivity index (χ2n) is 6.95. The Hall–Kier alpha value is -2.56. The van der Waals surface area contributed by atoms with Crippen LogP contribution >= 0.6 is 0 Å². The van der Waals surface area contributed by atoms with Crippen molar-refractivity contribution in [1.82, 2.24) is 4.98 Å². The molecule has 1 aliphatic heterocycles. The summed E-state index contributed by atoms with van der Waals surface area (Å²) in [5, 5.41) is 0. The SMILES string of the molecule is CC(C)Oc1cncc(C(=O)N2CCN(C3CC3)c3ccccc32)c1. The number of fused-ring (bicyclic) bond motifs is 1. The molecule has 1 aromatic carbocycles. The largest absolute Gasteiger partial charge is 0.489 e. The van der Waals surface area contributed by atoms with Crippen LogP contribution in [0.3, 0.4) is 0 Å². The monoisotopic (exact) mass is 337 g/mol. The molecule has 2 aliphatic rings. The molecule has 25 heavy (non-hydrogen) atoms. The Kier molecular flexibility index (Phi) is 4.07. The molecule has 1 saturated carbocycles. The summed E-state index contributed by atoms with van der Waals surface area (Å²) in [5.41, 5.74) is 2.71. The quantitative estimate of drug-likeness (QED) is 0.857. The predicted octanol–water partition coefficient (Wildman–Crippen LogP) is 3.50. The molecular weight excluding hydrogens is 314 g/mol. The fourth-order valence-corrected chi connectivity index (χ4v) is 3.39. The van der Waals surface area contributed by atoms with Crippen LogP contribution in [-0.4, -0.2) is 36.1 Å². The smallest absolute Gasteiger partial charge is 0.260 e. The number of hydrogen-bond donors (Lipinski definition) is 0. The van der Waals surface area contributed by atoms with E-state index in [2.05, 4.69) is 16.0 Å². The van der Waals surface area contributed by atoms with E-state index < -0.39 is 0 Å². The molecule has 130 valence electrons. The van der Waals surface area contributed by atoms with Gasteiger partial charge in [0.15, 0.2) is 0 Å². The predicted molar refractivity (Wildman–Crippen MR) is 98.5 cm³/mol. The van der Waals surface area contributed by atoms with Crippen LogP contribution in [0.25, 0.3) is 0 Å². The van der Waals surface area contributed by atoms with E-state index in [9.17, 15) is 4.79 Å². The van der Waals surface area contributed by atoms with Crippen LogP contribution in [0.4, 0.5) is 11.4 Å². The molecule has 2 heterocycles. The number of amides is 1. The van der Waals surface area contributed by atoms with Crippen LogP contribution in [0.2, 0.25) is 0 Å². The third-order valence-electron chi connectivity index (χ3n) is 4.61. The minimum absolute atomic E-state index is 0.0235. The van der Waals surface area contributed by atoms with E-state index in [1.54, 1.807) is 18.5 Å². The topological polar surface area (TPSA) is 45.7 Å². The minimum Gasteiger partial charge on any atom is -0.489 e. The number of carbonyl (C=O) groups is 1. The Labute approximate surface area is 148 Å². The number of rotatable bonds is 4. The molecule has 4 rings (SSSR count). The number of carbonyl (C=O) groups excluding carboxylic acids is 1. The van der Waals surface area contributed by atoms with E-state index in [0.29, 0.717) is 23.9 Å². The zero-order valence-corrected chi connectivity index (χ0v) is 14.7. The van der Waals surface area contributed by atoms with Crippen molar-refractivity contribution in [3.63, 3.8) is 0 Å².